The first-order valence-corrected chi connectivity index (χ1v) is 9.84. The van der Waals surface area contributed by atoms with Crippen molar-refractivity contribution in [3.63, 3.8) is 0 Å². The minimum atomic E-state index is -0.169. The van der Waals surface area contributed by atoms with E-state index in [0.29, 0.717) is 5.91 Å². The van der Waals surface area contributed by atoms with Gasteiger partial charge in [-0.25, -0.2) is 9.97 Å². The second-order valence-corrected chi connectivity index (χ2v) is 7.92. The summed E-state index contributed by atoms with van der Waals surface area (Å²) in [6, 6.07) is 1.97. The van der Waals surface area contributed by atoms with Crippen LogP contribution in [0.2, 0.25) is 0 Å². The second-order valence-electron chi connectivity index (χ2n) is 7.15. The van der Waals surface area contributed by atoms with E-state index in [1.165, 1.54) is 12.8 Å². The lowest BCUT2D eigenvalue weighted by Gasteiger charge is -2.39. The number of carbonyl (C=O) groups excluding carboxylic acids is 1. The number of hydrogen-bond donors (Lipinski definition) is 0. The third-order valence-electron chi connectivity index (χ3n) is 5.48. The van der Waals surface area contributed by atoms with Crippen molar-refractivity contribution >= 4 is 23.5 Å². The Kier molecular flexibility index (Phi) is 3.95. The van der Waals surface area contributed by atoms with Crippen LogP contribution < -0.4 is 4.90 Å². The van der Waals surface area contributed by atoms with E-state index < -0.39 is 0 Å². The number of anilines is 1. The van der Waals surface area contributed by atoms with Crippen LogP contribution in [0.25, 0.3) is 0 Å². The van der Waals surface area contributed by atoms with Crippen molar-refractivity contribution in [2.45, 2.75) is 37.3 Å². The fourth-order valence-corrected chi connectivity index (χ4v) is 4.34. The molecule has 1 aromatic heterocycles. The van der Waals surface area contributed by atoms with Gasteiger partial charge in [-0.15, -0.1) is 0 Å². The van der Waals surface area contributed by atoms with Gasteiger partial charge in [-0.05, 0) is 50.3 Å². The lowest BCUT2D eigenvalue weighted by atomic mass is 9.78. The van der Waals surface area contributed by atoms with Crippen molar-refractivity contribution in [2.24, 2.45) is 11.3 Å². The average Bonchev–Trinajstić information content (AvgIpc) is 3.30. The molecular formula is C17H24N4OS. The third kappa shape index (κ3) is 2.93. The summed E-state index contributed by atoms with van der Waals surface area (Å²) < 4.78 is 0. The van der Waals surface area contributed by atoms with Crippen molar-refractivity contribution in [1.82, 2.24) is 14.9 Å². The highest BCUT2D eigenvalue weighted by Crippen LogP contribution is 2.42. The molecule has 0 unspecified atom stereocenters. The highest BCUT2D eigenvalue weighted by atomic mass is 32.2. The zero-order chi connectivity index (χ0) is 15.9. The molecule has 4 rings (SSSR count). The van der Waals surface area contributed by atoms with E-state index in [2.05, 4.69) is 19.8 Å². The van der Waals surface area contributed by atoms with E-state index in [0.717, 1.165) is 62.3 Å². The summed E-state index contributed by atoms with van der Waals surface area (Å²) in [5, 5.41) is 0.800. The predicted octanol–water partition coefficient (Wildman–Crippen LogP) is 2.43. The second kappa shape index (κ2) is 5.96. The molecule has 0 radical (unpaired) electrons. The SMILES string of the molecule is CSc1nccc(N2CC[C@]3(CCCN(CC4CC4)C3=O)C2)n1. The molecule has 1 aromatic rings. The minimum Gasteiger partial charge on any atom is -0.355 e. The molecule has 0 bridgehead atoms. The van der Waals surface area contributed by atoms with Crippen LogP contribution in [0.4, 0.5) is 5.82 Å². The molecule has 1 saturated carbocycles. The van der Waals surface area contributed by atoms with Gasteiger partial charge in [0.15, 0.2) is 5.16 Å². The Bertz CT molecular complexity index is 606. The largest absolute Gasteiger partial charge is 0.355 e. The summed E-state index contributed by atoms with van der Waals surface area (Å²) >= 11 is 1.56. The molecule has 0 N–H and O–H groups in total. The summed E-state index contributed by atoms with van der Waals surface area (Å²) in [7, 11) is 0. The van der Waals surface area contributed by atoms with Crippen LogP contribution in [0.3, 0.4) is 0 Å². The van der Waals surface area contributed by atoms with E-state index in [1.807, 2.05) is 18.5 Å². The fourth-order valence-electron chi connectivity index (χ4n) is 3.99. The van der Waals surface area contributed by atoms with Crippen molar-refractivity contribution in [2.75, 3.05) is 37.3 Å². The van der Waals surface area contributed by atoms with E-state index >= 15 is 0 Å². The molecule has 6 heteroatoms. The Balaban J connectivity index is 1.50. The number of aromatic nitrogens is 2. The van der Waals surface area contributed by atoms with Gasteiger partial charge in [0.25, 0.3) is 0 Å². The number of likely N-dealkylation sites (tertiary alicyclic amines) is 1. The average molecular weight is 332 g/mol. The number of thioether (sulfide) groups is 1. The van der Waals surface area contributed by atoms with Crippen LogP contribution in [0.15, 0.2) is 17.4 Å². The first-order chi connectivity index (χ1) is 11.2. The molecule has 1 spiro atoms. The third-order valence-corrected chi connectivity index (χ3v) is 6.04. The van der Waals surface area contributed by atoms with Gasteiger partial charge >= 0.3 is 0 Å². The van der Waals surface area contributed by atoms with Crippen LogP contribution in [0.1, 0.15) is 32.1 Å². The lowest BCUT2D eigenvalue weighted by molar-refractivity contribution is -0.145. The van der Waals surface area contributed by atoms with Gasteiger partial charge < -0.3 is 9.80 Å². The van der Waals surface area contributed by atoms with Crippen LogP contribution in [-0.2, 0) is 4.79 Å². The van der Waals surface area contributed by atoms with Gasteiger partial charge in [-0.2, -0.15) is 0 Å². The van der Waals surface area contributed by atoms with E-state index in [1.54, 1.807) is 11.8 Å². The number of carbonyl (C=O) groups is 1. The van der Waals surface area contributed by atoms with Gasteiger partial charge in [0.2, 0.25) is 5.91 Å². The molecule has 2 saturated heterocycles. The normalized spacial score (nSPS) is 28.0. The molecule has 2 aliphatic heterocycles. The summed E-state index contributed by atoms with van der Waals surface area (Å²) in [4.78, 5) is 26.4. The van der Waals surface area contributed by atoms with E-state index in [9.17, 15) is 4.79 Å². The minimum absolute atomic E-state index is 0.169. The maximum Gasteiger partial charge on any atom is 0.230 e. The maximum atomic E-state index is 13.1. The summed E-state index contributed by atoms with van der Waals surface area (Å²) in [6.45, 7) is 3.69. The molecular weight excluding hydrogens is 308 g/mol. The molecule has 5 nitrogen and oxygen atoms in total. The topological polar surface area (TPSA) is 49.3 Å². The van der Waals surface area contributed by atoms with Gasteiger partial charge in [-0.3, -0.25) is 4.79 Å². The first-order valence-electron chi connectivity index (χ1n) is 8.62. The Labute approximate surface area is 141 Å². The van der Waals surface area contributed by atoms with Crippen LogP contribution in [0, 0.1) is 11.3 Å². The van der Waals surface area contributed by atoms with E-state index in [-0.39, 0.29) is 5.41 Å². The molecule has 3 fully saturated rings. The molecule has 23 heavy (non-hydrogen) atoms. The zero-order valence-electron chi connectivity index (χ0n) is 13.7. The number of hydrogen-bond acceptors (Lipinski definition) is 5. The molecule has 1 atom stereocenters. The molecule has 1 amide bonds. The standard InChI is InChI=1S/C17H24N4OS/c1-23-16-18-8-5-14(19-16)21-10-7-17(12-21)6-2-9-20(15(17)22)11-13-3-4-13/h5,8,13H,2-4,6-7,9-12H2,1H3/t17-/m1/s1. The number of piperidine rings is 1. The quantitative estimate of drug-likeness (QED) is 0.626. The summed E-state index contributed by atoms with van der Waals surface area (Å²) in [5.74, 6) is 2.14. The van der Waals surface area contributed by atoms with Gasteiger partial charge in [0.1, 0.15) is 5.82 Å². The first kappa shape index (κ1) is 15.2. The molecule has 3 aliphatic rings. The van der Waals surface area contributed by atoms with Crippen molar-refractivity contribution in [3.05, 3.63) is 12.3 Å². The monoisotopic (exact) mass is 332 g/mol. The zero-order valence-corrected chi connectivity index (χ0v) is 14.5. The van der Waals surface area contributed by atoms with Crippen LogP contribution in [0.5, 0.6) is 0 Å². The Morgan fingerprint density at radius 3 is 3.00 bits per heavy atom. The summed E-state index contributed by atoms with van der Waals surface area (Å²) in [5.41, 5.74) is -0.169. The van der Waals surface area contributed by atoms with E-state index in [4.69, 9.17) is 0 Å². The molecule has 3 heterocycles. The molecule has 1 aliphatic carbocycles. The Morgan fingerprint density at radius 2 is 2.22 bits per heavy atom. The van der Waals surface area contributed by atoms with Crippen molar-refractivity contribution in [1.29, 1.82) is 0 Å². The van der Waals surface area contributed by atoms with Gasteiger partial charge in [0.05, 0.1) is 5.41 Å². The lowest BCUT2D eigenvalue weighted by Crippen LogP contribution is -2.50. The maximum absolute atomic E-state index is 13.1. The number of rotatable bonds is 4. The van der Waals surface area contributed by atoms with Gasteiger partial charge in [0, 0.05) is 32.4 Å². The smallest absolute Gasteiger partial charge is 0.230 e. The van der Waals surface area contributed by atoms with Crippen LogP contribution in [-0.4, -0.2) is 53.2 Å². The van der Waals surface area contributed by atoms with Crippen molar-refractivity contribution < 1.29 is 4.79 Å². The highest BCUT2D eigenvalue weighted by molar-refractivity contribution is 7.98. The molecule has 124 valence electrons. The Morgan fingerprint density at radius 1 is 1.35 bits per heavy atom. The highest BCUT2D eigenvalue weighted by Gasteiger charge is 2.49. The predicted molar refractivity (Wildman–Crippen MR) is 91.6 cm³/mol. The van der Waals surface area contributed by atoms with Crippen LogP contribution >= 0.6 is 11.8 Å². The number of amides is 1. The summed E-state index contributed by atoms with van der Waals surface area (Å²) in [6.07, 6.45) is 9.57. The van der Waals surface area contributed by atoms with Crippen molar-refractivity contribution in [3.8, 4) is 0 Å². The Hall–Kier alpha value is -1.30. The molecule has 0 aromatic carbocycles. The fraction of sp³-hybridized carbons (Fsp3) is 0.706. The van der Waals surface area contributed by atoms with Gasteiger partial charge in [-0.1, -0.05) is 11.8 Å². The number of nitrogens with zero attached hydrogens (tertiary/aromatic N) is 4.